The number of aromatic nitrogens is 1. The van der Waals surface area contributed by atoms with E-state index in [9.17, 15) is 4.79 Å². The van der Waals surface area contributed by atoms with Crippen LogP contribution in [0.1, 0.15) is 36.8 Å². The quantitative estimate of drug-likeness (QED) is 0.849. The first-order valence-electron chi connectivity index (χ1n) is 5.45. The molecule has 0 bridgehead atoms. The van der Waals surface area contributed by atoms with Crippen LogP contribution in [0.5, 0.6) is 0 Å². The van der Waals surface area contributed by atoms with Gasteiger partial charge in [-0.2, -0.15) is 0 Å². The highest BCUT2D eigenvalue weighted by molar-refractivity contribution is 5.89. The summed E-state index contributed by atoms with van der Waals surface area (Å²) in [5.41, 5.74) is 0.827. The van der Waals surface area contributed by atoms with Gasteiger partial charge in [-0.3, -0.25) is 0 Å². The number of carbonyl (C=O) groups is 1. The normalized spacial score (nSPS) is 10.6. The third-order valence-electron chi connectivity index (χ3n) is 2.56. The van der Waals surface area contributed by atoms with Crippen molar-refractivity contribution in [2.45, 2.75) is 33.7 Å². The van der Waals surface area contributed by atoms with Gasteiger partial charge in [0, 0.05) is 12.6 Å². The summed E-state index contributed by atoms with van der Waals surface area (Å²) in [7, 11) is 0. The van der Waals surface area contributed by atoms with Crippen LogP contribution in [0.3, 0.4) is 0 Å². The summed E-state index contributed by atoms with van der Waals surface area (Å²) in [6.07, 6.45) is 0. The van der Waals surface area contributed by atoms with Gasteiger partial charge in [-0.05, 0) is 39.8 Å². The fraction of sp³-hybridized carbons (Fsp3) is 0.500. The van der Waals surface area contributed by atoms with Crippen molar-refractivity contribution in [3.63, 3.8) is 0 Å². The molecule has 1 heterocycles. The second-order valence-corrected chi connectivity index (χ2v) is 3.99. The molecule has 0 aliphatic heterocycles. The minimum atomic E-state index is -0.927. The molecule has 88 valence electrons. The summed E-state index contributed by atoms with van der Waals surface area (Å²) in [6.45, 7) is 8.82. The Bertz CT molecular complexity index is 389. The van der Waals surface area contributed by atoms with Crippen molar-refractivity contribution >= 4 is 11.8 Å². The number of carboxylic acids is 1. The lowest BCUT2D eigenvalue weighted by Crippen LogP contribution is -2.31. The summed E-state index contributed by atoms with van der Waals surface area (Å²) in [4.78, 5) is 17.3. The third kappa shape index (κ3) is 2.51. The second kappa shape index (κ2) is 4.96. The molecule has 0 aromatic carbocycles. The molecule has 4 nitrogen and oxygen atoms in total. The summed E-state index contributed by atoms with van der Waals surface area (Å²) >= 11 is 0. The van der Waals surface area contributed by atoms with E-state index in [0.29, 0.717) is 11.7 Å². The number of aromatic carboxylic acids is 1. The van der Waals surface area contributed by atoms with Crippen LogP contribution in [0, 0.1) is 6.92 Å². The molecule has 0 spiro atoms. The number of pyridine rings is 1. The van der Waals surface area contributed by atoms with E-state index < -0.39 is 5.97 Å². The molecule has 1 rings (SSSR count). The van der Waals surface area contributed by atoms with E-state index in [1.54, 1.807) is 19.1 Å². The van der Waals surface area contributed by atoms with Crippen LogP contribution in [0.15, 0.2) is 12.1 Å². The van der Waals surface area contributed by atoms with E-state index in [1.165, 1.54) is 0 Å². The minimum Gasteiger partial charge on any atom is -0.478 e. The van der Waals surface area contributed by atoms with Crippen LogP contribution < -0.4 is 4.90 Å². The monoisotopic (exact) mass is 222 g/mol. The highest BCUT2D eigenvalue weighted by atomic mass is 16.4. The predicted octanol–water partition coefficient (Wildman–Crippen LogP) is 2.32. The standard InChI is InChI=1S/C12H18N2O2/c1-5-14(8(2)3)11-7-6-10(12(15)16)9(4)13-11/h6-8H,5H2,1-4H3,(H,15,16). The Labute approximate surface area is 95.9 Å². The van der Waals surface area contributed by atoms with Gasteiger partial charge in [-0.15, -0.1) is 0 Å². The molecule has 0 saturated heterocycles. The molecule has 0 unspecified atom stereocenters. The van der Waals surface area contributed by atoms with Gasteiger partial charge in [0.2, 0.25) is 0 Å². The lowest BCUT2D eigenvalue weighted by molar-refractivity contribution is 0.0695. The van der Waals surface area contributed by atoms with Crippen molar-refractivity contribution < 1.29 is 9.90 Å². The predicted molar refractivity (Wildman–Crippen MR) is 64.1 cm³/mol. The molecule has 0 saturated carbocycles. The van der Waals surface area contributed by atoms with Gasteiger partial charge in [-0.1, -0.05) is 0 Å². The molecule has 1 aromatic rings. The first-order chi connectivity index (χ1) is 7.47. The van der Waals surface area contributed by atoms with Crippen LogP contribution in [0.25, 0.3) is 0 Å². The van der Waals surface area contributed by atoms with Gasteiger partial charge < -0.3 is 10.0 Å². The Kier molecular flexibility index (Phi) is 3.88. The van der Waals surface area contributed by atoms with Crippen LogP contribution in [0.4, 0.5) is 5.82 Å². The van der Waals surface area contributed by atoms with Crippen molar-refractivity contribution in [1.29, 1.82) is 0 Å². The topological polar surface area (TPSA) is 53.4 Å². The van der Waals surface area contributed by atoms with E-state index in [1.807, 2.05) is 0 Å². The molecular formula is C12H18N2O2. The van der Waals surface area contributed by atoms with Crippen LogP contribution in [-0.2, 0) is 0 Å². The van der Waals surface area contributed by atoms with E-state index in [4.69, 9.17) is 5.11 Å². The molecule has 1 N–H and O–H groups in total. The average Bonchev–Trinajstić information content (AvgIpc) is 2.17. The molecule has 0 atom stereocenters. The summed E-state index contributed by atoms with van der Waals surface area (Å²) in [6, 6.07) is 3.73. The molecule has 0 aliphatic carbocycles. The maximum atomic E-state index is 10.9. The smallest absolute Gasteiger partial charge is 0.337 e. The SMILES string of the molecule is CCN(c1ccc(C(=O)O)c(C)n1)C(C)C. The molecule has 4 heteroatoms. The van der Waals surface area contributed by atoms with E-state index >= 15 is 0 Å². The summed E-state index contributed by atoms with van der Waals surface area (Å²) in [5.74, 6) is -0.0934. The molecule has 16 heavy (non-hydrogen) atoms. The van der Waals surface area contributed by atoms with E-state index in [2.05, 4.69) is 30.7 Å². The van der Waals surface area contributed by atoms with Gasteiger partial charge in [0.05, 0.1) is 11.3 Å². The lowest BCUT2D eigenvalue weighted by atomic mass is 10.2. The molecule has 0 fully saturated rings. The van der Waals surface area contributed by atoms with Crippen molar-refractivity contribution in [3.8, 4) is 0 Å². The maximum Gasteiger partial charge on any atom is 0.337 e. The lowest BCUT2D eigenvalue weighted by Gasteiger charge is -2.26. The number of nitrogens with zero attached hydrogens (tertiary/aromatic N) is 2. The largest absolute Gasteiger partial charge is 0.478 e. The number of anilines is 1. The van der Waals surface area contributed by atoms with Crippen molar-refractivity contribution in [1.82, 2.24) is 4.98 Å². The number of hydrogen-bond donors (Lipinski definition) is 1. The zero-order valence-electron chi connectivity index (χ0n) is 10.2. The number of carboxylic acid groups (broad SMARTS) is 1. The Morgan fingerprint density at radius 2 is 2.12 bits per heavy atom. The second-order valence-electron chi connectivity index (χ2n) is 3.99. The highest BCUT2D eigenvalue weighted by Crippen LogP contribution is 2.16. The van der Waals surface area contributed by atoms with Crippen LogP contribution >= 0.6 is 0 Å². The molecule has 0 radical (unpaired) electrons. The zero-order chi connectivity index (χ0) is 12.3. The fourth-order valence-electron chi connectivity index (χ4n) is 1.73. The third-order valence-corrected chi connectivity index (χ3v) is 2.56. The maximum absolute atomic E-state index is 10.9. The number of aryl methyl sites for hydroxylation is 1. The average molecular weight is 222 g/mol. The summed E-state index contributed by atoms with van der Waals surface area (Å²) in [5, 5.41) is 8.91. The Hall–Kier alpha value is -1.58. The van der Waals surface area contributed by atoms with Crippen LogP contribution in [-0.4, -0.2) is 28.6 Å². The fourth-order valence-corrected chi connectivity index (χ4v) is 1.73. The Balaban J connectivity index is 3.09. The molecule has 0 aliphatic rings. The Morgan fingerprint density at radius 3 is 2.50 bits per heavy atom. The van der Waals surface area contributed by atoms with Gasteiger partial charge >= 0.3 is 5.97 Å². The zero-order valence-corrected chi connectivity index (χ0v) is 10.2. The van der Waals surface area contributed by atoms with Crippen molar-refractivity contribution in [2.24, 2.45) is 0 Å². The molecule has 0 amide bonds. The summed E-state index contributed by atoms with van der Waals surface area (Å²) < 4.78 is 0. The Morgan fingerprint density at radius 1 is 1.50 bits per heavy atom. The van der Waals surface area contributed by atoms with Gasteiger partial charge in [-0.25, -0.2) is 9.78 Å². The highest BCUT2D eigenvalue weighted by Gasteiger charge is 2.13. The van der Waals surface area contributed by atoms with Gasteiger partial charge in [0.25, 0.3) is 0 Å². The van der Waals surface area contributed by atoms with Gasteiger partial charge in [0.1, 0.15) is 5.82 Å². The minimum absolute atomic E-state index is 0.267. The van der Waals surface area contributed by atoms with Crippen molar-refractivity contribution in [3.05, 3.63) is 23.4 Å². The first-order valence-corrected chi connectivity index (χ1v) is 5.45. The number of hydrogen-bond acceptors (Lipinski definition) is 3. The van der Waals surface area contributed by atoms with Gasteiger partial charge in [0.15, 0.2) is 0 Å². The van der Waals surface area contributed by atoms with E-state index in [0.717, 1.165) is 12.4 Å². The number of rotatable bonds is 4. The van der Waals surface area contributed by atoms with Crippen molar-refractivity contribution in [2.75, 3.05) is 11.4 Å². The first kappa shape index (κ1) is 12.5. The van der Waals surface area contributed by atoms with Crippen LogP contribution in [0.2, 0.25) is 0 Å². The molecular weight excluding hydrogens is 204 g/mol. The molecule has 1 aromatic heterocycles. The van der Waals surface area contributed by atoms with E-state index in [-0.39, 0.29) is 5.56 Å².